The van der Waals surface area contributed by atoms with E-state index in [9.17, 15) is 0 Å². The Hall–Kier alpha value is -2.27. The van der Waals surface area contributed by atoms with Crippen molar-refractivity contribution in [2.45, 2.75) is 31.2 Å². The van der Waals surface area contributed by atoms with Crippen molar-refractivity contribution in [3.8, 4) is 11.4 Å². The fraction of sp³-hybridized carbons (Fsp3) is 0.263. The minimum atomic E-state index is 0.509. The molecule has 3 rings (SSSR count). The van der Waals surface area contributed by atoms with Gasteiger partial charge in [-0.25, -0.2) is 0 Å². The molecule has 4 nitrogen and oxygen atoms in total. The molecule has 0 radical (unpaired) electrons. The summed E-state index contributed by atoms with van der Waals surface area (Å²) in [4.78, 5) is 5.67. The van der Waals surface area contributed by atoms with Crippen LogP contribution in [0.4, 0.5) is 5.69 Å². The van der Waals surface area contributed by atoms with E-state index < -0.39 is 0 Å². The van der Waals surface area contributed by atoms with E-state index in [0.717, 1.165) is 11.3 Å². The van der Waals surface area contributed by atoms with Gasteiger partial charge in [0.05, 0.1) is 6.54 Å². The molecular formula is C19H21N3OS. The molecule has 5 heteroatoms. The molecule has 0 spiro atoms. The van der Waals surface area contributed by atoms with Crippen molar-refractivity contribution < 1.29 is 4.52 Å². The molecule has 3 aromatic rings. The lowest BCUT2D eigenvalue weighted by molar-refractivity contribution is 0.384. The van der Waals surface area contributed by atoms with Crippen LogP contribution in [0.1, 0.15) is 31.2 Å². The summed E-state index contributed by atoms with van der Waals surface area (Å²) < 4.78 is 5.36. The average molecular weight is 339 g/mol. The molecule has 0 saturated carbocycles. The number of benzene rings is 2. The Morgan fingerprint density at radius 2 is 1.83 bits per heavy atom. The third-order valence-electron chi connectivity index (χ3n) is 3.84. The number of hydrogen-bond donors (Lipinski definition) is 1. The predicted molar refractivity (Wildman–Crippen MR) is 99.4 cm³/mol. The van der Waals surface area contributed by atoms with Crippen molar-refractivity contribution in [1.29, 1.82) is 0 Å². The Kier molecular flexibility index (Phi) is 5.20. The van der Waals surface area contributed by atoms with Gasteiger partial charge in [-0.15, -0.1) is 11.8 Å². The normalized spacial score (nSPS) is 11.0. The average Bonchev–Trinajstić information content (AvgIpc) is 3.09. The lowest BCUT2D eigenvalue weighted by Crippen LogP contribution is -2.00. The maximum absolute atomic E-state index is 5.36. The Morgan fingerprint density at radius 1 is 1.08 bits per heavy atom. The molecule has 124 valence electrons. The first-order chi connectivity index (χ1) is 11.7. The van der Waals surface area contributed by atoms with Gasteiger partial charge in [-0.2, -0.15) is 4.98 Å². The zero-order valence-corrected chi connectivity index (χ0v) is 14.9. The maximum atomic E-state index is 5.36. The van der Waals surface area contributed by atoms with E-state index in [-0.39, 0.29) is 0 Å². The van der Waals surface area contributed by atoms with Gasteiger partial charge in [0.2, 0.25) is 11.7 Å². The minimum absolute atomic E-state index is 0.509. The van der Waals surface area contributed by atoms with E-state index in [2.05, 4.69) is 53.8 Å². The first-order valence-electron chi connectivity index (χ1n) is 7.97. The number of anilines is 1. The molecule has 24 heavy (non-hydrogen) atoms. The minimum Gasteiger partial charge on any atom is -0.375 e. The number of rotatable bonds is 6. The van der Waals surface area contributed by atoms with E-state index >= 15 is 0 Å². The molecule has 0 aliphatic carbocycles. The molecule has 1 aromatic heterocycles. The Morgan fingerprint density at radius 3 is 2.54 bits per heavy atom. The smallest absolute Gasteiger partial charge is 0.246 e. The fourth-order valence-corrected chi connectivity index (χ4v) is 3.00. The summed E-state index contributed by atoms with van der Waals surface area (Å²) in [5, 5.41) is 7.44. The van der Waals surface area contributed by atoms with Crippen LogP contribution < -0.4 is 5.32 Å². The van der Waals surface area contributed by atoms with Crippen LogP contribution >= 0.6 is 11.8 Å². The van der Waals surface area contributed by atoms with Crippen LogP contribution in [0, 0.1) is 0 Å². The van der Waals surface area contributed by atoms with Crippen molar-refractivity contribution in [3.05, 3.63) is 60.0 Å². The molecule has 0 bridgehead atoms. The van der Waals surface area contributed by atoms with Crippen molar-refractivity contribution in [2.75, 3.05) is 11.6 Å². The molecule has 0 saturated heterocycles. The number of aromatic nitrogens is 2. The zero-order valence-electron chi connectivity index (χ0n) is 14.1. The number of thioether (sulfide) groups is 1. The number of nitrogens with zero attached hydrogens (tertiary/aromatic N) is 2. The van der Waals surface area contributed by atoms with Crippen molar-refractivity contribution in [3.63, 3.8) is 0 Å². The van der Waals surface area contributed by atoms with Crippen LogP contribution in [0.25, 0.3) is 11.4 Å². The molecule has 0 amide bonds. The first kappa shape index (κ1) is 16.6. The van der Waals surface area contributed by atoms with E-state index in [1.807, 2.05) is 30.3 Å². The summed E-state index contributed by atoms with van der Waals surface area (Å²) in [6.45, 7) is 4.87. The summed E-state index contributed by atoms with van der Waals surface area (Å²) in [6, 6.07) is 16.5. The monoisotopic (exact) mass is 339 g/mol. The lowest BCUT2D eigenvalue weighted by Gasteiger charge is -2.07. The summed E-state index contributed by atoms with van der Waals surface area (Å²) in [6.07, 6.45) is 2.06. The van der Waals surface area contributed by atoms with Crippen LogP contribution in [-0.4, -0.2) is 16.4 Å². The van der Waals surface area contributed by atoms with Gasteiger partial charge in [-0.3, -0.25) is 0 Å². The van der Waals surface area contributed by atoms with Crippen molar-refractivity contribution in [2.24, 2.45) is 0 Å². The van der Waals surface area contributed by atoms with Gasteiger partial charge in [0.25, 0.3) is 0 Å². The SMILES string of the molecule is CSc1ccccc1NCc1nc(-c2ccc(C(C)C)cc2)no1. The maximum Gasteiger partial charge on any atom is 0.246 e. The summed E-state index contributed by atoms with van der Waals surface area (Å²) in [5.41, 5.74) is 3.35. The number of nitrogens with one attached hydrogen (secondary N) is 1. The van der Waals surface area contributed by atoms with Gasteiger partial charge in [0.1, 0.15) is 0 Å². The fourth-order valence-electron chi connectivity index (χ4n) is 2.42. The Balaban J connectivity index is 1.69. The molecular weight excluding hydrogens is 318 g/mol. The third-order valence-corrected chi connectivity index (χ3v) is 4.64. The van der Waals surface area contributed by atoms with Gasteiger partial charge in [-0.1, -0.05) is 55.4 Å². The van der Waals surface area contributed by atoms with Crippen LogP contribution in [0.15, 0.2) is 57.9 Å². The van der Waals surface area contributed by atoms with E-state index in [0.29, 0.717) is 24.2 Å². The van der Waals surface area contributed by atoms with Gasteiger partial charge in [-0.05, 0) is 29.9 Å². The Bertz CT molecular complexity index is 796. The molecule has 1 heterocycles. The highest BCUT2D eigenvalue weighted by Gasteiger charge is 2.10. The van der Waals surface area contributed by atoms with E-state index in [4.69, 9.17) is 4.52 Å². The Labute approximate surface area is 146 Å². The van der Waals surface area contributed by atoms with Gasteiger partial charge in [0.15, 0.2) is 0 Å². The van der Waals surface area contributed by atoms with Gasteiger partial charge < -0.3 is 9.84 Å². The molecule has 0 unspecified atom stereocenters. The molecule has 0 aliphatic heterocycles. The van der Waals surface area contributed by atoms with Gasteiger partial charge in [0, 0.05) is 16.1 Å². The van der Waals surface area contributed by atoms with Crippen molar-refractivity contribution >= 4 is 17.4 Å². The lowest BCUT2D eigenvalue weighted by atomic mass is 10.0. The zero-order chi connectivity index (χ0) is 16.9. The van der Waals surface area contributed by atoms with E-state index in [1.54, 1.807) is 11.8 Å². The van der Waals surface area contributed by atoms with Gasteiger partial charge >= 0.3 is 0 Å². The molecule has 0 atom stereocenters. The number of hydrogen-bond acceptors (Lipinski definition) is 5. The highest BCUT2D eigenvalue weighted by molar-refractivity contribution is 7.98. The highest BCUT2D eigenvalue weighted by Crippen LogP contribution is 2.25. The standard InChI is InChI=1S/C19H21N3OS/c1-13(2)14-8-10-15(11-9-14)19-21-18(23-22-19)12-20-16-6-4-5-7-17(16)24-3/h4-11,13,20H,12H2,1-3H3. The molecule has 1 N–H and O–H groups in total. The van der Waals surface area contributed by atoms with Crippen LogP contribution in [0.3, 0.4) is 0 Å². The van der Waals surface area contributed by atoms with Crippen molar-refractivity contribution in [1.82, 2.24) is 10.1 Å². The second-order valence-electron chi connectivity index (χ2n) is 5.84. The second-order valence-corrected chi connectivity index (χ2v) is 6.69. The first-order valence-corrected chi connectivity index (χ1v) is 9.19. The van der Waals surface area contributed by atoms with Crippen LogP contribution in [0.2, 0.25) is 0 Å². The largest absolute Gasteiger partial charge is 0.375 e. The number of para-hydroxylation sites is 1. The topological polar surface area (TPSA) is 51.0 Å². The summed E-state index contributed by atoms with van der Waals surface area (Å²) >= 11 is 1.71. The van der Waals surface area contributed by atoms with E-state index in [1.165, 1.54) is 10.5 Å². The molecule has 0 fully saturated rings. The molecule has 2 aromatic carbocycles. The third kappa shape index (κ3) is 3.79. The summed E-state index contributed by atoms with van der Waals surface area (Å²) in [7, 11) is 0. The van der Waals surface area contributed by atoms with Crippen LogP contribution in [-0.2, 0) is 6.54 Å². The quantitative estimate of drug-likeness (QED) is 0.626. The molecule has 0 aliphatic rings. The predicted octanol–water partition coefficient (Wildman–Crippen LogP) is 5.19. The summed E-state index contributed by atoms with van der Waals surface area (Å²) in [5.74, 6) is 1.72. The second kappa shape index (κ2) is 7.53. The van der Waals surface area contributed by atoms with Crippen LogP contribution in [0.5, 0.6) is 0 Å². The highest BCUT2D eigenvalue weighted by atomic mass is 32.2.